The predicted molar refractivity (Wildman–Crippen MR) is 72.7 cm³/mol. The first-order chi connectivity index (χ1) is 9.97. The summed E-state index contributed by atoms with van der Waals surface area (Å²) in [6.45, 7) is 3.53. The zero-order valence-electron chi connectivity index (χ0n) is 11.9. The Kier molecular flexibility index (Phi) is 4.25. The molecule has 1 aliphatic heterocycles. The summed E-state index contributed by atoms with van der Waals surface area (Å²) in [6, 6.07) is 0. The molecule has 21 heavy (non-hydrogen) atoms. The Morgan fingerprint density at radius 3 is 2.71 bits per heavy atom. The lowest BCUT2D eigenvalue weighted by Crippen LogP contribution is -2.50. The maximum absolute atomic E-state index is 12.2. The van der Waals surface area contributed by atoms with Crippen molar-refractivity contribution in [3.05, 3.63) is 32.6 Å². The molecule has 1 aromatic rings. The second kappa shape index (κ2) is 5.94. The number of aromatic amines is 1. The number of carbonyl (C=O) groups excluding carboxylic acids is 2. The third-order valence-corrected chi connectivity index (χ3v) is 3.33. The number of hydrogen-bond acceptors (Lipinski definition) is 5. The van der Waals surface area contributed by atoms with Crippen LogP contribution in [0.15, 0.2) is 15.8 Å². The van der Waals surface area contributed by atoms with Gasteiger partial charge in [0.05, 0.1) is 6.61 Å². The van der Waals surface area contributed by atoms with Crippen LogP contribution in [0.1, 0.15) is 31.5 Å². The number of nitrogens with one attached hydrogen (secondary N) is 1. The van der Waals surface area contributed by atoms with Crippen LogP contribution in [0.25, 0.3) is 0 Å². The van der Waals surface area contributed by atoms with Crippen LogP contribution in [0.5, 0.6) is 0 Å². The highest BCUT2D eigenvalue weighted by Gasteiger charge is 2.37. The van der Waals surface area contributed by atoms with E-state index in [1.54, 1.807) is 6.92 Å². The minimum Gasteiger partial charge on any atom is -0.463 e. The zero-order chi connectivity index (χ0) is 15.6. The molecular formula is C13H17N3O5. The number of aryl methyl sites for hydroxylation is 1. The molecule has 1 saturated heterocycles. The molecule has 1 amide bonds. The van der Waals surface area contributed by atoms with Gasteiger partial charge in [-0.3, -0.25) is 9.59 Å². The molecule has 2 rings (SSSR count). The van der Waals surface area contributed by atoms with Crippen LogP contribution in [0, 0.1) is 6.92 Å². The molecule has 0 unspecified atom stereocenters. The van der Waals surface area contributed by atoms with Gasteiger partial charge in [-0.05, 0) is 20.3 Å². The maximum atomic E-state index is 12.2. The van der Waals surface area contributed by atoms with E-state index in [0.29, 0.717) is 13.0 Å². The van der Waals surface area contributed by atoms with E-state index in [1.165, 1.54) is 18.0 Å². The minimum atomic E-state index is -1.35. The predicted octanol–water partition coefficient (Wildman–Crippen LogP) is -0.471. The average Bonchev–Trinajstić information content (AvgIpc) is 2.85. The first kappa shape index (κ1) is 15.0. The number of nitrogens with zero attached hydrogens (tertiary/aromatic N) is 2. The standard InChI is InChI=1S/C13H17N3O5/c1-3-21-12(19)10(15-6-4-5-9(15)17)16-11(18)8(2)7-14-13(16)20/h7,10H,3-6H2,1-2H3,(H,14,20)/t10-/m1/s1. The maximum Gasteiger partial charge on any atom is 0.350 e. The van der Waals surface area contributed by atoms with Gasteiger partial charge >= 0.3 is 11.7 Å². The van der Waals surface area contributed by atoms with Crippen LogP contribution in [-0.4, -0.2) is 39.5 Å². The molecule has 1 aromatic heterocycles. The van der Waals surface area contributed by atoms with E-state index in [1.807, 2.05) is 0 Å². The fraction of sp³-hybridized carbons (Fsp3) is 0.538. The molecule has 1 N–H and O–H groups in total. The van der Waals surface area contributed by atoms with E-state index < -0.39 is 23.4 Å². The van der Waals surface area contributed by atoms with Gasteiger partial charge in [-0.15, -0.1) is 0 Å². The van der Waals surface area contributed by atoms with Gasteiger partial charge in [0.2, 0.25) is 12.1 Å². The van der Waals surface area contributed by atoms with Crippen molar-refractivity contribution in [1.82, 2.24) is 14.5 Å². The fourth-order valence-electron chi connectivity index (χ4n) is 2.32. The lowest BCUT2D eigenvalue weighted by molar-refractivity contribution is -0.158. The highest BCUT2D eigenvalue weighted by atomic mass is 16.5. The topological polar surface area (TPSA) is 101 Å². The Hall–Kier alpha value is -2.38. The largest absolute Gasteiger partial charge is 0.463 e. The van der Waals surface area contributed by atoms with Gasteiger partial charge in [0.15, 0.2) is 0 Å². The molecule has 0 saturated carbocycles. The highest BCUT2D eigenvalue weighted by molar-refractivity contribution is 5.84. The van der Waals surface area contributed by atoms with Crippen LogP contribution in [-0.2, 0) is 14.3 Å². The van der Waals surface area contributed by atoms with Crippen LogP contribution in [0.4, 0.5) is 0 Å². The quantitative estimate of drug-likeness (QED) is 0.757. The van der Waals surface area contributed by atoms with Gasteiger partial charge in [-0.1, -0.05) is 0 Å². The number of rotatable bonds is 4. The summed E-state index contributed by atoms with van der Waals surface area (Å²) >= 11 is 0. The summed E-state index contributed by atoms with van der Waals surface area (Å²) in [5.41, 5.74) is -1.09. The summed E-state index contributed by atoms with van der Waals surface area (Å²) in [7, 11) is 0. The van der Waals surface area contributed by atoms with Crippen molar-refractivity contribution in [2.75, 3.05) is 13.2 Å². The average molecular weight is 295 g/mol. The lowest BCUT2D eigenvalue weighted by atomic mass is 10.3. The molecular weight excluding hydrogens is 278 g/mol. The van der Waals surface area contributed by atoms with Gasteiger partial charge in [-0.25, -0.2) is 14.2 Å². The number of esters is 1. The van der Waals surface area contributed by atoms with Crippen LogP contribution < -0.4 is 11.2 Å². The molecule has 0 bridgehead atoms. The van der Waals surface area contributed by atoms with Crippen molar-refractivity contribution in [2.45, 2.75) is 32.9 Å². The zero-order valence-corrected chi connectivity index (χ0v) is 11.9. The molecule has 1 atom stereocenters. The van der Waals surface area contributed by atoms with Gasteiger partial charge in [0, 0.05) is 24.7 Å². The number of ether oxygens (including phenoxy) is 1. The van der Waals surface area contributed by atoms with Gasteiger partial charge < -0.3 is 14.6 Å². The molecule has 1 fully saturated rings. The Morgan fingerprint density at radius 2 is 2.14 bits per heavy atom. The van der Waals surface area contributed by atoms with Crippen molar-refractivity contribution in [3.8, 4) is 0 Å². The number of carbonyl (C=O) groups is 2. The smallest absolute Gasteiger partial charge is 0.350 e. The monoisotopic (exact) mass is 295 g/mol. The van der Waals surface area contributed by atoms with Crippen molar-refractivity contribution < 1.29 is 14.3 Å². The van der Waals surface area contributed by atoms with E-state index in [9.17, 15) is 19.2 Å². The fourth-order valence-corrected chi connectivity index (χ4v) is 2.32. The second-order valence-electron chi connectivity index (χ2n) is 4.77. The molecule has 2 heterocycles. The number of hydrogen-bond donors (Lipinski definition) is 1. The minimum absolute atomic E-state index is 0.0931. The molecule has 0 spiro atoms. The normalized spacial score (nSPS) is 16.1. The molecule has 114 valence electrons. The van der Waals surface area contributed by atoms with Crippen LogP contribution >= 0.6 is 0 Å². The van der Waals surface area contributed by atoms with E-state index in [2.05, 4.69) is 4.98 Å². The van der Waals surface area contributed by atoms with Crippen molar-refractivity contribution in [2.24, 2.45) is 0 Å². The van der Waals surface area contributed by atoms with Crippen LogP contribution in [0.3, 0.4) is 0 Å². The molecule has 8 heteroatoms. The molecule has 0 radical (unpaired) electrons. The first-order valence-electron chi connectivity index (χ1n) is 6.74. The molecule has 0 aliphatic carbocycles. The van der Waals surface area contributed by atoms with Gasteiger partial charge in [0.25, 0.3) is 5.56 Å². The molecule has 1 aliphatic rings. The van der Waals surface area contributed by atoms with E-state index in [0.717, 1.165) is 4.57 Å². The van der Waals surface area contributed by atoms with Crippen molar-refractivity contribution >= 4 is 11.9 Å². The Bertz CT molecular complexity index is 675. The third kappa shape index (κ3) is 2.74. The lowest BCUT2D eigenvalue weighted by Gasteiger charge is -2.26. The summed E-state index contributed by atoms with van der Waals surface area (Å²) < 4.78 is 5.67. The summed E-state index contributed by atoms with van der Waals surface area (Å²) in [5, 5.41) is 0. The molecule has 8 nitrogen and oxygen atoms in total. The Labute approximate surface area is 120 Å². The first-order valence-corrected chi connectivity index (χ1v) is 6.74. The third-order valence-electron chi connectivity index (χ3n) is 3.33. The SMILES string of the molecule is CCOC(=O)[C@H](N1CCCC1=O)n1c(=O)[nH]cc(C)c1=O. The van der Waals surface area contributed by atoms with E-state index in [4.69, 9.17) is 4.74 Å². The number of aromatic nitrogens is 2. The number of amides is 1. The van der Waals surface area contributed by atoms with E-state index in [-0.39, 0.29) is 24.5 Å². The molecule has 0 aromatic carbocycles. The van der Waals surface area contributed by atoms with Crippen LogP contribution in [0.2, 0.25) is 0 Å². The number of H-pyrrole nitrogens is 1. The summed E-state index contributed by atoms with van der Waals surface area (Å²) in [5.74, 6) is -1.06. The Morgan fingerprint density at radius 1 is 1.43 bits per heavy atom. The van der Waals surface area contributed by atoms with Crippen molar-refractivity contribution in [3.63, 3.8) is 0 Å². The van der Waals surface area contributed by atoms with E-state index >= 15 is 0 Å². The van der Waals surface area contributed by atoms with Crippen molar-refractivity contribution in [1.29, 1.82) is 0 Å². The highest BCUT2D eigenvalue weighted by Crippen LogP contribution is 2.20. The summed E-state index contributed by atoms with van der Waals surface area (Å²) in [6.07, 6.45) is 0.785. The van der Waals surface area contributed by atoms with Gasteiger partial charge in [0.1, 0.15) is 0 Å². The van der Waals surface area contributed by atoms with Gasteiger partial charge in [-0.2, -0.15) is 0 Å². The Balaban J connectivity index is 2.58. The summed E-state index contributed by atoms with van der Waals surface area (Å²) in [4.78, 5) is 51.8. The second-order valence-corrected chi connectivity index (χ2v) is 4.77. The number of likely N-dealkylation sites (tertiary alicyclic amines) is 1.